The van der Waals surface area contributed by atoms with Crippen LogP contribution in [0.15, 0.2) is 16.7 Å². The predicted molar refractivity (Wildman–Crippen MR) is 93.8 cm³/mol. The van der Waals surface area contributed by atoms with Crippen LogP contribution in [-0.2, 0) is 11.2 Å². The lowest BCUT2D eigenvalue weighted by molar-refractivity contribution is 0.0205. The lowest BCUT2D eigenvalue weighted by Gasteiger charge is -2.38. The largest absolute Gasteiger partial charge is 0.444 e. The third-order valence-electron chi connectivity index (χ3n) is 4.36. The topological polar surface area (TPSA) is 45.7 Å². The smallest absolute Gasteiger partial charge is 0.410 e. The van der Waals surface area contributed by atoms with Gasteiger partial charge in [-0.15, -0.1) is 0 Å². The Labute approximate surface area is 146 Å². The number of pyridine rings is 1. The number of rotatable bonds is 1. The number of ether oxygens (including phenoxy) is 1. The molecule has 1 fully saturated rings. The number of aromatic nitrogens is 1. The Balaban J connectivity index is 1.59. The van der Waals surface area contributed by atoms with E-state index in [0.29, 0.717) is 6.04 Å². The monoisotopic (exact) mass is 381 g/mol. The summed E-state index contributed by atoms with van der Waals surface area (Å²) >= 11 is 3.49. The second-order valence-corrected chi connectivity index (χ2v) is 8.19. The van der Waals surface area contributed by atoms with Crippen LogP contribution in [0.3, 0.4) is 0 Å². The summed E-state index contributed by atoms with van der Waals surface area (Å²) in [4.78, 5) is 21.0. The molecule has 0 N–H and O–H groups in total. The van der Waals surface area contributed by atoms with E-state index in [1.165, 1.54) is 5.56 Å². The number of fused-ring (bicyclic) bond motifs is 1. The quantitative estimate of drug-likeness (QED) is 0.745. The molecule has 1 amide bonds. The molecule has 23 heavy (non-hydrogen) atoms. The third kappa shape index (κ3) is 3.79. The summed E-state index contributed by atoms with van der Waals surface area (Å²) in [6, 6.07) is 2.63. The minimum Gasteiger partial charge on any atom is -0.444 e. The molecule has 3 heterocycles. The molecule has 1 aromatic heterocycles. The summed E-state index contributed by atoms with van der Waals surface area (Å²) < 4.78 is 6.50. The summed E-state index contributed by atoms with van der Waals surface area (Å²) in [6.07, 6.45) is 4.66. The second-order valence-electron chi connectivity index (χ2n) is 7.28. The first-order valence-electron chi connectivity index (χ1n) is 8.22. The van der Waals surface area contributed by atoms with E-state index in [2.05, 4.69) is 31.9 Å². The van der Waals surface area contributed by atoms with Gasteiger partial charge in [0.2, 0.25) is 0 Å². The van der Waals surface area contributed by atoms with Crippen molar-refractivity contribution < 1.29 is 9.53 Å². The lowest BCUT2D eigenvalue weighted by Crippen LogP contribution is -2.47. The van der Waals surface area contributed by atoms with Crippen LogP contribution in [0.2, 0.25) is 0 Å². The molecule has 2 aliphatic heterocycles. The summed E-state index contributed by atoms with van der Waals surface area (Å²) in [5.74, 6) is 1.11. The number of hydrogen-bond donors (Lipinski definition) is 0. The van der Waals surface area contributed by atoms with Gasteiger partial charge in [0.15, 0.2) is 0 Å². The van der Waals surface area contributed by atoms with Crippen LogP contribution in [0.5, 0.6) is 0 Å². The van der Waals surface area contributed by atoms with Crippen molar-refractivity contribution in [2.75, 3.05) is 24.5 Å². The minimum absolute atomic E-state index is 0.195. The van der Waals surface area contributed by atoms with Crippen molar-refractivity contribution in [3.05, 3.63) is 22.3 Å². The summed E-state index contributed by atoms with van der Waals surface area (Å²) in [7, 11) is 0. The maximum Gasteiger partial charge on any atom is 0.410 e. The number of hydrogen-bond acceptors (Lipinski definition) is 4. The molecule has 0 aromatic carbocycles. The van der Waals surface area contributed by atoms with Crippen LogP contribution in [0, 0.1) is 0 Å². The standard InChI is InChI=1S/C17H24BrN3O2/c1-17(2,3)23-16(22)20-7-5-14(6-8-20)21-9-4-12-10-13(18)11-19-15(12)21/h10-11,14H,4-9H2,1-3H3. The number of likely N-dealkylation sites (tertiary alicyclic amines) is 1. The van der Waals surface area contributed by atoms with Crippen molar-refractivity contribution in [3.8, 4) is 0 Å². The molecule has 2 aliphatic rings. The number of amides is 1. The van der Waals surface area contributed by atoms with E-state index in [1.807, 2.05) is 31.9 Å². The Bertz CT molecular complexity index is 592. The first kappa shape index (κ1) is 16.6. The molecule has 0 spiro atoms. The van der Waals surface area contributed by atoms with Gasteiger partial charge in [0.1, 0.15) is 11.4 Å². The molecule has 0 radical (unpaired) electrons. The van der Waals surface area contributed by atoms with Crippen molar-refractivity contribution in [1.82, 2.24) is 9.88 Å². The van der Waals surface area contributed by atoms with Gasteiger partial charge >= 0.3 is 6.09 Å². The number of piperidine rings is 1. The van der Waals surface area contributed by atoms with Crippen LogP contribution >= 0.6 is 15.9 Å². The van der Waals surface area contributed by atoms with Crippen LogP contribution in [0.1, 0.15) is 39.2 Å². The van der Waals surface area contributed by atoms with E-state index in [9.17, 15) is 4.79 Å². The van der Waals surface area contributed by atoms with Gasteiger partial charge in [0.05, 0.1) is 0 Å². The minimum atomic E-state index is -0.431. The molecular weight excluding hydrogens is 358 g/mol. The average molecular weight is 382 g/mol. The van der Waals surface area contributed by atoms with Crippen molar-refractivity contribution in [3.63, 3.8) is 0 Å². The predicted octanol–water partition coefficient (Wildman–Crippen LogP) is 3.61. The van der Waals surface area contributed by atoms with Crippen molar-refractivity contribution in [1.29, 1.82) is 0 Å². The first-order valence-corrected chi connectivity index (χ1v) is 9.02. The van der Waals surface area contributed by atoms with Crippen LogP contribution in [0.4, 0.5) is 10.6 Å². The van der Waals surface area contributed by atoms with Crippen LogP contribution in [0.25, 0.3) is 0 Å². The average Bonchev–Trinajstić information content (AvgIpc) is 2.88. The summed E-state index contributed by atoms with van der Waals surface area (Å²) in [6.45, 7) is 8.24. The molecule has 5 nitrogen and oxygen atoms in total. The number of carbonyl (C=O) groups is 1. The molecule has 0 bridgehead atoms. The molecule has 0 saturated carbocycles. The maximum atomic E-state index is 12.2. The molecule has 3 rings (SSSR count). The van der Waals surface area contributed by atoms with Crippen LogP contribution < -0.4 is 4.90 Å². The number of carbonyl (C=O) groups excluding carboxylic acids is 1. The molecular formula is C17H24BrN3O2. The summed E-state index contributed by atoms with van der Waals surface area (Å²) in [5.41, 5.74) is 0.882. The van der Waals surface area contributed by atoms with Gasteiger partial charge in [0, 0.05) is 36.3 Å². The van der Waals surface area contributed by atoms with Gasteiger partial charge in [-0.3, -0.25) is 0 Å². The highest BCUT2D eigenvalue weighted by Crippen LogP contribution is 2.32. The molecule has 126 valence electrons. The first-order chi connectivity index (χ1) is 10.8. The zero-order chi connectivity index (χ0) is 16.6. The zero-order valence-corrected chi connectivity index (χ0v) is 15.6. The molecule has 6 heteroatoms. The molecule has 1 aromatic rings. The molecule has 0 atom stereocenters. The zero-order valence-electron chi connectivity index (χ0n) is 14.0. The fourth-order valence-corrected chi connectivity index (χ4v) is 3.68. The van der Waals surface area contributed by atoms with Gasteiger partial charge < -0.3 is 14.5 Å². The van der Waals surface area contributed by atoms with Crippen molar-refractivity contribution in [2.45, 2.75) is 51.7 Å². The SMILES string of the molecule is CC(C)(C)OC(=O)N1CCC(N2CCc3cc(Br)cnc32)CC1. The van der Waals surface area contributed by atoms with Gasteiger partial charge in [-0.2, -0.15) is 0 Å². The molecule has 1 saturated heterocycles. The second kappa shape index (κ2) is 6.30. The normalized spacial score (nSPS) is 19.0. The van der Waals surface area contributed by atoms with E-state index in [0.717, 1.165) is 49.2 Å². The Hall–Kier alpha value is -1.30. The highest BCUT2D eigenvalue weighted by atomic mass is 79.9. The number of halogens is 1. The van der Waals surface area contributed by atoms with E-state index < -0.39 is 5.60 Å². The van der Waals surface area contributed by atoms with Gasteiger partial charge in [-0.05, 0) is 67.6 Å². The van der Waals surface area contributed by atoms with Crippen LogP contribution in [-0.4, -0.2) is 47.3 Å². The van der Waals surface area contributed by atoms with Crippen molar-refractivity contribution in [2.24, 2.45) is 0 Å². The number of nitrogens with zero attached hydrogens (tertiary/aromatic N) is 3. The molecule has 0 unspecified atom stereocenters. The Morgan fingerprint density at radius 1 is 1.30 bits per heavy atom. The molecule has 0 aliphatic carbocycles. The fraction of sp³-hybridized carbons (Fsp3) is 0.647. The van der Waals surface area contributed by atoms with Gasteiger partial charge in [-0.25, -0.2) is 9.78 Å². The summed E-state index contributed by atoms with van der Waals surface area (Å²) in [5, 5.41) is 0. The fourth-order valence-electron chi connectivity index (χ4n) is 3.31. The van der Waals surface area contributed by atoms with E-state index >= 15 is 0 Å². The van der Waals surface area contributed by atoms with Crippen molar-refractivity contribution >= 4 is 27.8 Å². The maximum absolute atomic E-state index is 12.2. The van der Waals surface area contributed by atoms with Gasteiger partial charge in [-0.1, -0.05) is 0 Å². The van der Waals surface area contributed by atoms with Gasteiger partial charge in [0.25, 0.3) is 0 Å². The highest BCUT2D eigenvalue weighted by Gasteiger charge is 2.32. The lowest BCUT2D eigenvalue weighted by atomic mass is 10.0. The Morgan fingerprint density at radius 3 is 2.65 bits per heavy atom. The Kier molecular flexibility index (Phi) is 4.54. The van der Waals surface area contributed by atoms with E-state index in [1.54, 1.807) is 0 Å². The Morgan fingerprint density at radius 2 is 2.00 bits per heavy atom. The highest BCUT2D eigenvalue weighted by molar-refractivity contribution is 9.10. The number of anilines is 1. The van der Waals surface area contributed by atoms with E-state index in [4.69, 9.17) is 4.74 Å². The third-order valence-corrected chi connectivity index (χ3v) is 4.79. The van der Waals surface area contributed by atoms with E-state index in [-0.39, 0.29) is 6.09 Å².